The quantitative estimate of drug-likeness (QED) is 0.788. The number of nitrogens with one attached hydrogen (secondary N) is 2. The van der Waals surface area contributed by atoms with Crippen molar-refractivity contribution in [1.82, 2.24) is 15.2 Å². The number of amides is 2. The average Bonchev–Trinajstić information content (AvgIpc) is 3.21. The number of aromatic nitrogens is 1. The van der Waals surface area contributed by atoms with E-state index in [1.54, 1.807) is 16.8 Å². The summed E-state index contributed by atoms with van der Waals surface area (Å²) < 4.78 is 31.2. The zero-order valence-electron chi connectivity index (χ0n) is 14.7. The molecule has 3 fully saturated rings. The normalized spacial score (nSPS) is 28.1. The van der Waals surface area contributed by atoms with Gasteiger partial charge in [0, 0.05) is 54.8 Å². The van der Waals surface area contributed by atoms with Crippen LogP contribution in [0.1, 0.15) is 31.7 Å². The summed E-state index contributed by atoms with van der Waals surface area (Å²) >= 11 is 0. The maximum Gasteiger partial charge on any atom is 0.249 e. The van der Waals surface area contributed by atoms with Crippen LogP contribution in [-0.2, 0) is 9.59 Å². The van der Waals surface area contributed by atoms with Crippen LogP contribution in [0.15, 0.2) is 18.5 Å². The van der Waals surface area contributed by atoms with Crippen LogP contribution in [0.5, 0.6) is 0 Å². The highest BCUT2D eigenvalue weighted by Gasteiger charge is 2.34. The first-order chi connectivity index (χ1) is 13.0. The van der Waals surface area contributed by atoms with Gasteiger partial charge in [0.2, 0.25) is 11.8 Å². The van der Waals surface area contributed by atoms with Crippen LogP contribution in [0, 0.1) is 11.6 Å². The summed E-state index contributed by atoms with van der Waals surface area (Å²) in [5, 5.41) is 6.49. The van der Waals surface area contributed by atoms with Crippen molar-refractivity contribution >= 4 is 28.3 Å². The van der Waals surface area contributed by atoms with Crippen LogP contribution in [0.3, 0.4) is 0 Å². The fourth-order valence-electron chi connectivity index (χ4n) is 4.60. The van der Waals surface area contributed by atoms with E-state index in [0.29, 0.717) is 37.0 Å². The van der Waals surface area contributed by atoms with Crippen molar-refractivity contribution in [3.8, 4) is 0 Å². The Balaban J connectivity index is 1.52. The first-order valence-corrected chi connectivity index (χ1v) is 9.33. The molecule has 2 N–H and O–H groups in total. The van der Waals surface area contributed by atoms with E-state index in [0.717, 1.165) is 12.8 Å². The minimum Gasteiger partial charge on any atom is -0.366 e. The highest BCUT2D eigenvalue weighted by molar-refractivity contribution is 6.00. The smallest absolute Gasteiger partial charge is 0.249 e. The minimum absolute atomic E-state index is 0.152. The molecule has 3 saturated heterocycles. The average molecular weight is 374 g/mol. The molecule has 1 aromatic heterocycles. The molecule has 142 valence electrons. The molecule has 5 rings (SSSR count). The monoisotopic (exact) mass is 374 g/mol. The molecule has 2 bridgehead atoms. The van der Waals surface area contributed by atoms with Crippen LogP contribution in [-0.4, -0.2) is 41.6 Å². The Labute approximate surface area is 154 Å². The zero-order chi connectivity index (χ0) is 18.7. The predicted octanol–water partition coefficient (Wildman–Crippen LogP) is 1.84. The molecular formula is C19H20F2N4O2. The number of benzene rings is 1. The Bertz CT molecular complexity index is 945. The number of imide groups is 1. The molecule has 1 aromatic carbocycles. The summed E-state index contributed by atoms with van der Waals surface area (Å²) in [4.78, 5) is 25.3. The number of hydrogen-bond acceptors (Lipinski definition) is 4. The van der Waals surface area contributed by atoms with Gasteiger partial charge in [-0.05, 0) is 25.3 Å². The number of nitrogens with zero attached hydrogens (tertiary/aromatic N) is 2. The maximum absolute atomic E-state index is 14.8. The number of halogens is 2. The van der Waals surface area contributed by atoms with Gasteiger partial charge in [-0.3, -0.25) is 14.9 Å². The van der Waals surface area contributed by atoms with Gasteiger partial charge in [-0.15, -0.1) is 0 Å². The number of rotatable bonds is 2. The second kappa shape index (κ2) is 6.02. The number of hydrogen-bond donors (Lipinski definition) is 2. The van der Waals surface area contributed by atoms with Crippen LogP contribution < -0.4 is 15.5 Å². The van der Waals surface area contributed by atoms with Gasteiger partial charge in [0.05, 0.1) is 5.69 Å². The standard InChI is InChI=1S/C19H20F2N4O2/c20-17-13-9-24(14-3-4-16(26)23-19(14)27)6-10(13)5-15(18(17)21)25-7-11-1-2-12(8-25)22-11/h5-6,9,11-12,14,22H,1-4,7-8H2,(H,23,26,27). The summed E-state index contributed by atoms with van der Waals surface area (Å²) in [5.74, 6) is -2.45. The van der Waals surface area contributed by atoms with Gasteiger partial charge in [-0.25, -0.2) is 8.78 Å². The second-order valence-electron chi connectivity index (χ2n) is 7.74. The molecule has 0 aliphatic carbocycles. The Morgan fingerprint density at radius 3 is 2.44 bits per heavy atom. The predicted molar refractivity (Wildman–Crippen MR) is 95.4 cm³/mol. The van der Waals surface area contributed by atoms with Gasteiger partial charge in [-0.2, -0.15) is 0 Å². The summed E-state index contributed by atoms with van der Waals surface area (Å²) in [5.41, 5.74) is 0.277. The maximum atomic E-state index is 14.8. The number of piperidine rings is 1. The third-order valence-corrected chi connectivity index (χ3v) is 5.95. The van der Waals surface area contributed by atoms with Crippen molar-refractivity contribution in [2.75, 3.05) is 18.0 Å². The van der Waals surface area contributed by atoms with Gasteiger partial charge in [0.1, 0.15) is 6.04 Å². The molecule has 0 spiro atoms. The molecule has 3 aliphatic heterocycles. The van der Waals surface area contributed by atoms with Crippen molar-refractivity contribution in [2.45, 2.75) is 43.8 Å². The number of piperazine rings is 1. The van der Waals surface area contributed by atoms with Crippen molar-refractivity contribution < 1.29 is 18.4 Å². The van der Waals surface area contributed by atoms with E-state index in [9.17, 15) is 18.4 Å². The van der Waals surface area contributed by atoms with Gasteiger partial charge in [0.25, 0.3) is 0 Å². The molecule has 0 saturated carbocycles. The lowest BCUT2D eigenvalue weighted by Gasteiger charge is -2.34. The topological polar surface area (TPSA) is 66.4 Å². The number of carbonyl (C=O) groups excluding carboxylic acids is 2. The summed E-state index contributed by atoms with van der Waals surface area (Å²) in [6.07, 6.45) is 5.82. The zero-order valence-corrected chi connectivity index (χ0v) is 14.7. The van der Waals surface area contributed by atoms with Gasteiger partial charge >= 0.3 is 0 Å². The number of fused-ring (bicyclic) bond motifs is 3. The fourth-order valence-corrected chi connectivity index (χ4v) is 4.60. The highest BCUT2D eigenvalue weighted by Crippen LogP contribution is 2.34. The molecule has 6 nitrogen and oxygen atoms in total. The Morgan fingerprint density at radius 2 is 1.74 bits per heavy atom. The van der Waals surface area contributed by atoms with Crippen molar-refractivity contribution in [2.24, 2.45) is 0 Å². The highest BCUT2D eigenvalue weighted by atomic mass is 19.2. The second-order valence-corrected chi connectivity index (χ2v) is 7.74. The first-order valence-electron chi connectivity index (χ1n) is 9.33. The Hall–Kier alpha value is -2.48. The SMILES string of the molecule is O=C1CCC(n2cc3cc(N4CC5CCC(C4)N5)c(F)c(F)c3c2)C(=O)N1. The third-order valence-electron chi connectivity index (χ3n) is 5.95. The van der Waals surface area contributed by atoms with Gasteiger partial charge in [-0.1, -0.05) is 0 Å². The van der Waals surface area contributed by atoms with Gasteiger partial charge < -0.3 is 14.8 Å². The van der Waals surface area contributed by atoms with Crippen LogP contribution in [0.4, 0.5) is 14.5 Å². The van der Waals surface area contributed by atoms with Crippen LogP contribution >= 0.6 is 0 Å². The molecule has 0 radical (unpaired) electrons. The van der Waals surface area contributed by atoms with Crippen LogP contribution in [0.25, 0.3) is 10.8 Å². The van der Waals surface area contributed by atoms with Crippen molar-refractivity contribution in [3.05, 3.63) is 30.1 Å². The Morgan fingerprint density at radius 1 is 1.00 bits per heavy atom. The molecule has 3 aliphatic rings. The lowest BCUT2D eigenvalue weighted by Crippen LogP contribution is -2.51. The van der Waals surface area contributed by atoms with E-state index >= 15 is 0 Å². The van der Waals surface area contributed by atoms with Crippen molar-refractivity contribution in [1.29, 1.82) is 0 Å². The molecular weight excluding hydrogens is 354 g/mol. The molecule has 3 unspecified atom stereocenters. The van der Waals surface area contributed by atoms with E-state index in [2.05, 4.69) is 10.6 Å². The lowest BCUT2D eigenvalue weighted by atomic mass is 10.1. The van der Waals surface area contributed by atoms with E-state index in [1.807, 2.05) is 4.90 Å². The van der Waals surface area contributed by atoms with Gasteiger partial charge in [0.15, 0.2) is 11.6 Å². The number of carbonyl (C=O) groups is 2. The molecule has 3 atom stereocenters. The first kappa shape index (κ1) is 16.7. The molecule has 2 amide bonds. The van der Waals surface area contributed by atoms with Crippen molar-refractivity contribution in [3.63, 3.8) is 0 Å². The summed E-state index contributed by atoms with van der Waals surface area (Å²) in [6, 6.07) is 1.71. The largest absolute Gasteiger partial charge is 0.366 e. The van der Waals surface area contributed by atoms with E-state index in [-0.39, 0.29) is 23.4 Å². The molecule has 8 heteroatoms. The minimum atomic E-state index is -0.889. The van der Waals surface area contributed by atoms with E-state index < -0.39 is 23.6 Å². The summed E-state index contributed by atoms with van der Waals surface area (Å²) in [6.45, 7) is 1.32. The van der Waals surface area contributed by atoms with Crippen LogP contribution in [0.2, 0.25) is 0 Å². The lowest BCUT2D eigenvalue weighted by molar-refractivity contribution is -0.135. The van der Waals surface area contributed by atoms with E-state index in [1.165, 1.54) is 6.20 Å². The Kier molecular flexibility index (Phi) is 3.72. The van der Waals surface area contributed by atoms with E-state index in [4.69, 9.17) is 0 Å². The fraction of sp³-hybridized carbons (Fsp3) is 0.474. The number of anilines is 1. The molecule has 2 aromatic rings. The molecule has 4 heterocycles. The summed E-state index contributed by atoms with van der Waals surface area (Å²) in [7, 11) is 0. The molecule has 27 heavy (non-hydrogen) atoms. The third kappa shape index (κ3) is 2.70.